The Morgan fingerprint density at radius 2 is 2.22 bits per heavy atom. The number of carbonyl (C=O) groups is 1. The summed E-state index contributed by atoms with van der Waals surface area (Å²) >= 11 is 7.50. The van der Waals surface area contributed by atoms with Crippen LogP contribution in [0.25, 0.3) is 0 Å². The summed E-state index contributed by atoms with van der Waals surface area (Å²) in [6.45, 7) is 5.11. The maximum Gasteiger partial charge on any atom is 0.237 e. The molecular formula is C19H22ClN5OS. The molecule has 2 aromatic rings. The van der Waals surface area contributed by atoms with Gasteiger partial charge in [0.15, 0.2) is 5.16 Å². The molecule has 0 spiro atoms. The molecule has 1 fully saturated rings. The van der Waals surface area contributed by atoms with Crippen molar-refractivity contribution in [2.75, 3.05) is 17.2 Å². The van der Waals surface area contributed by atoms with E-state index in [1.807, 2.05) is 19.1 Å². The van der Waals surface area contributed by atoms with Crippen LogP contribution < -0.4 is 4.90 Å². The lowest BCUT2D eigenvalue weighted by Crippen LogP contribution is -2.33. The van der Waals surface area contributed by atoms with Crippen molar-refractivity contribution in [2.45, 2.75) is 50.7 Å². The fourth-order valence-electron chi connectivity index (χ4n) is 2.91. The molecule has 0 aliphatic heterocycles. The fraction of sp³-hybridized carbons (Fsp3) is 0.474. The molecule has 1 saturated carbocycles. The van der Waals surface area contributed by atoms with E-state index in [2.05, 4.69) is 27.8 Å². The topological polar surface area (TPSA) is 74.8 Å². The molecule has 27 heavy (non-hydrogen) atoms. The third kappa shape index (κ3) is 4.63. The van der Waals surface area contributed by atoms with Crippen LogP contribution in [-0.4, -0.2) is 33.0 Å². The van der Waals surface area contributed by atoms with E-state index in [1.165, 1.54) is 24.6 Å². The molecule has 1 amide bonds. The normalized spacial score (nSPS) is 13.4. The number of aromatic nitrogens is 3. The van der Waals surface area contributed by atoms with E-state index < -0.39 is 0 Å². The molecule has 6 nitrogen and oxygen atoms in total. The Labute approximate surface area is 168 Å². The second-order valence-electron chi connectivity index (χ2n) is 6.53. The number of thioether (sulfide) groups is 1. The summed E-state index contributed by atoms with van der Waals surface area (Å²) < 4.78 is 2.10. The standard InChI is InChI=1S/C19H22ClN5OS/c1-3-24-18(14-5-6-14)22-23-19(24)27-12-17(26)25(10-4-9-21)15-7-8-16(20)13(2)11-15/h7-8,11,14H,3-6,10,12H2,1-2H3. The Balaban J connectivity index is 1.73. The molecule has 142 valence electrons. The fourth-order valence-corrected chi connectivity index (χ4v) is 3.91. The van der Waals surface area contributed by atoms with Crippen molar-refractivity contribution in [3.8, 4) is 6.07 Å². The predicted octanol–water partition coefficient (Wildman–Crippen LogP) is 4.18. The molecule has 0 unspecified atom stereocenters. The lowest BCUT2D eigenvalue weighted by Gasteiger charge is -2.22. The number of aryl methyl sites for hydroxylation is 1. The van der Waals surface area contributed by atoms with Gasteiger partial charge in [0.1, 0.15) is 5.82 Å². The van der Waals surface area contributed by atoms with Gasteiger partial charge in [-0.2, -0.15) is 5.26 Å². The van der Waals surface area contributed by atoms with E-state index in [-0.39, 0.29) is 18.1 Å². The van der Waals surface area contributed by atoms with Crippen molar-refractivity contribution in [3.05, 3.63) is 34.6 Å². The number of halogens is 1. The number of rotatable bonds is 8. The second-order valence-corrected chi connectivity index (χ2v) is 7.88. The smallest absolute Gasteiger partial charge is 0.237 e. The molecule has 3 rings (SSSR count). The highest BCUT2D eigenvalue weighted by molar-refractivity contribution is 7.99. The van der Waals surface area contributed by atoms with Gasteiger partial charge in [0.25, 0.3) is 0 Å². The van der Waals surface area contributed by atoms with E-state index in [9.17, 15) is 4.79 Å². The summed E-state index contributed by atoms with van der Waals surface area (Å²) in [4.78, 5) is 14.5. The molecule has 0 bridgehead atoms. The molecule has 1 heterocycles. The third-order valence-corrected chi connectivity index (χ3v) is 5.91. The van der Waals surface area contributed by atoms with Crippen LogP contribution in [-0.2, 0) is 11.3 Å². The molecule has 8 heteroatoms. The number of amides is 1. The number of benzene rings is 1. The van der Waals surface area contributed by atoms with Crippen molar-refractivity contribution < 1.29 is 4.79 Å². The van der Waals surface area contributed by atoms with Crippen LogP contribution in [0.4, 0.5) is 5.69 Å². The highest BCUT2D eigenvalue weighted by Crippen LogP contribution is 2.40. The van der Waals surface area contributed by atoms with E-state index >= 15 is 0 Å². The van der Waals surface area contributed by atoms with E-state index in [0.29, 0.717) is 17.5 Å². The van der Waals surface area contributed by atoms with Crippen LogP contribution in [0.5, 0.6) is 0 Å². The second kappa shape index (κ2) is 8.77. The predicted molar refractivity (Wildman–Crippen MR) is 107 cm³/mol. The van der Waals surface area contributed by atoms with Crippen molar-refractivity contribution in [1.29, 1.82) is 5.26 Å². The average molecular weight is 404 g/mol. The number of anilines is 1. The molecule has 1 aromatic heterocycles. The highest BCUT2D eigenvalue weighted by Gasteiger charge is 2.30. The number of carbonyl (C=O) groups excluding carboxylic acids is 1. The SMILES string of the molecule is CCn1c(SCC(=O)N(CCC#N)c2ccc(Cl)c(C)c2)nnc1C1CC1. The largest absolute Gasteiger partial charge is 0.311 e. The molecule has 0 N–H and O–H groups in total. The summed E-state index contributed by atoms with van der Waals surface area (Å²) in [6.07, 6.45) is 2.61. The number of hydrogen-bond acceptors (Lipinski definition) is 5. The summed E-state index contributed by atoms with van der Waals surface area (Å²) in [7, 11) is 0. The first-order valence-corrected chi connectivity index (χ1v) is 10.4. The zero-order valence-corrected chi connectivity index (χ0v) is 17.1. The van der Waals surface area contributed by atoms with Gasteiger partial charge >= 0.3 is 0 Å². The Bertz CT molecular complexity index is 871. The van der Waals surface area contributed by atoms with Crippen LogP contribution in [0.3, 0.4) is 0 Å². The first kappa shape index (κ1) is 19.7. The monoisotopic (exact) mass is 403 g/mol. The van der Waals surface area contributed by atoms with Gasteiger partial charge in [-0.15, -0.1) is 10.2 Å². The molecule has 0 atom stereocenters. The minimum atomic E-state index is -0.0596. The maximum atomic E-state index is 12.9. The summed E-state index contributed by atoms with van der Waals surface area (Å²) in [5.74, 6) is 1.74. The van der Waals surface area contributed by atoms with Gasteiger partial charge in [-0.05, 0) is 50.5 Å². The zero-order chi connectivity index (χ0) is 19.4. The van der Waals surface area contributed by atoms with Gasteiger partial charge in [-0.25, -0.2) is 0 Å². The number of nitriles is 1. The van der Waals surface area contributed by atoms with Gasteiger partial charge in [0.2, 0.25) is 5.91 Å². The Morgan fingerprint density at radius 1 is 1.44 bits per heavy atom. The molecule has 0 radical (unpaired) electrons. The molecule has 1 aromatic carbocycles. The molecule has 1 aliphatic rings. The summed E-state index contributed by atoms with van der Waals surface area (Å²) in [6, 6.07) is 7.58. The third-order valence-electron chi connectivity index (χ3n) is 4.53. The van der Waals surface area contributed by atoms with Crippen LogP contribution >= 0.6 is 23.4 Å². The Kier molecular flexibility index (Phi) is 6.40. The zero-order valence-electron chi connectivity index (χ0n) is 15.5. The summed E-state index contributed by atoms with van der Waals surface area (Å²) in [5.41, 5.74) is 1.66. The lowest BCUT2D eigenvalue weighted by atomic mass is 10.2. The quantitative estimate of drug-likeness (QED) is 0.618. The van der Waals surface area contributed by atoms with Crippen LogP contribution in [0.2, 0.25) is 5.02 Å². The Morgan fingerprint density at radius 3 is 2.85 bits per heavy atom. The maximum absolute atomic E-state index is 12.9. The van der Waals surface area contributed by atoms with Gasteiger partial charge < -0.3 is 9.47 Å². The lowest BCUT2D eigenvalue weighted by molar-refractivity contribution is -0.116. The van der Waals surface area contributed by atoms with Gasteiger partial charge in [0.05, 0.1) is 18.2 Å². The van der Waals surface area contributed by atoms with Gasteiger partial charge in [0, 0.05) is 29.7 Å². The van der Waals surface area contributed by atoms with Crippen LogP contribution in [0.1, 0.15) is 43.5 Å². The Hall–Kier alpha value is -2.04. The average Bonchev–Trinajstić information content (AvgIpc) is 3.42. The first-order chi connectivity index (χ1) is 13.0. The minimum Gasteiger partial charge on any atom is -0.311 e. The number of nitrogens with zero attached hydrogens (tertiary/aromatic N) is 5. The molecule has 0 saturated heterocycles. The van der Waals surface area contributed by atoms with Crippen LogP contribution in [0, 0.1) is 18.3 Å². The molecule has 1 aliphatic carbocycles. The van der Waals surface area contributed by atoms with Crippen molar-refractivity contribution >= 4 is 35.0 Å². The highest BCUT2D eigenvalue weighted by atomic mass is 35.5. The molecular weight excluding hydrogens is 382 g/mol. The van der Waals surface area contributed by atoms with E-state index in [0.717, 1.165) is 28.8 Å². The van der Waals surface area contributed by atoms with Gasteiger partial charge in [-0.1, -0.05) is 23.4 Å². The van der Waals surface area contributed by atoms with E-state index in [1.54, 1.807) is 11.0 Å². The summed E-state index contributed by atoms with van der Waals surface area (Å²) in [5, 5.41) is 19.0. The van der Waals surface area contributed by atoms with E-state index in [4.69, 9.17) is 16.9 Å². The van der Waals surface area contributed by atoms with Crippen molar-refractivity contribution in [3.63, 3.8) is 0 Å². The van der Waals surface area contributed by atoms with Gasteiger partial charge in [-0.3, -0.25) is 4.79 Å². The number of hydrogen-bond donors (Lipinski definition) is 0. The minimum absolute atomic E-state index is 0.0596. The van der Waals surface area contributed by atoms with Crippen molar-refractivity contribution in [1.82, 2.24) is 14.8 Å². The van der Waals surface area contributed by atoms with Crippen molar-refractivity contribution in [2.24, 2.45) is 0 Å². The van der Waals surface area contributed by atoms with Crippen LogP contribution in [0.15, 0.2) is 23.4 Å². The first-order valence-electron chi connectivity index (χ1n) is 9.04.